The molecule has 3 heteroatoms. The first kappa shape index (κ1) is 10.3. The van der Waals surface area contributed by atoms with E-state index in [1.165, 1.54) is 0 Å². The van der Waals surface area contributed by atoms with Crippen LogP contribution >= 0.6 is 0 Å². The molecule has 0 aromatic rings. The van der Waals surface area contributed by atoms with Crippen molar-refractivity contribution in [2.24, 2.45) is 11.8 Å². The van der Waals surface area contributed by atoms with E-state index in [1.54, 1.807) is 0 Å². The Bertz CT molecular complexity index is 125. The van der Waals surface area contributed by atoms with Crippen molar-refractivity contribution in [3.8, 4) is 0 Å². The van der Waals surface area contributed by atoms with Crippen LogP contribution < -0.4 is 0 Å². The van der Waals surface area contributed by atoms with Gasteiger partial charge in [0.05, 0.1) is 5.92 Å². The molecule has 0 aromatic carbocycles. The topological polar surface area (TPSA) is 37.3 Å². The SMILES string of the molecule is CC1CCCC1C(=O)O.[In]. The summed E-state index contributed by atoms with van der Waals surface area (Å²) in [6, 6.07) is 0. The molecule has 3 radical (unpaired) electrons. The standard InChI is InChI=1S/C7H12O2.In/c1-5-3-2-4-6(5)7(8)9;/h5-6H,2-4H2,1H3,(H,8,9);. The Morgan fingerprint density at radius 3 is 2.30 bits per heavy atom. The van der Waals surface area contributed by atoms with Gasteiger partial charge < -0.3 is 5.11 Å². The molecule has 1 fully saturated rings. The van der Waals surface area contributed by atoms with Crippen molar-refractivity contribution in [2.45, 2.75) is 26.2 Å². The third-order valence-electron chi connectivity index (χ3n) is 2.18. The summed E-state index contributed by atoms with van der Waals surface area (Å²) in [5.41, 5.74) is 0. The second kappa shape index (κ2) is 4.27. The Kier molecular flexibility index (Phi) is 4.41. The van der Waals surface area contributed by atoms with Crippen LogP contribution in [-0.4, -0.2) is 36.9 Å². The van der Waals surface area contributed by atoms with E-state index in [4.69, 9.17) is 5.11 Å². The number of rotatable bonds is 1. The van der Waals surface area contributed by atoms with E-state index in [1.807, 2.05) is 6.92 Å². The molecular formula is C7H12InO2. The van der Waals surface area contributed by atoms with E-state index in [9.17, 15) is 4.79 Å². The average Bonchev–Trinajstić information content (AvgIpc) is 2.13. The van der Waals surface area contributed by atoms with Crippen LogP contribution in [-0.2, 0) is 4.79 Å². The minimum Gasteiger partial charge on any atom is -0.481 e. The van der Waals surface area contributed by atoms with E-state index in [0.29, 0.717) is 5.92 Å². The fourth-order valence-corrected chi connectivity index (χ4v) is 1.51. The van der Waals surface area contributed by atoms with Crippen LogP contribution in [0.3, 0.4) is 0 Å². The predicted molar refractivity (Wildman–Crippen MR) is 39.9 cm³/mol. The van der Waals surface area contributed by atoms with E-state index in [2.05, 4.69) is 0 Å². The minimum absolute atomic E-state index is 0. The number of aliphatic carboxylic acids is 1. The third kappa shape index (κ3) is 2.19. The summed E-state index contributed by atoms with van der Waals surface area (Å²) in [4.78, 5) is 10.4. The van der Waals surface area contributed by atoms with Crippen LogP contribution in [0, 0.1) is 11.8 Å². The zero-order chi connectivity index (χ0) is 6.85. The summed E-state index contributed by atoms with van der Waals surface area (Å²) < 4.78 is 0. The van der Waals surface area contributed by atoms with Crippen LogP contribution in [0.4, 0.5) is 0 Å². The Balaban J connectivity index is 0.000000810. The summed E-state index contributed by atoms with van der Waals surface area (Å²) in [6.45, 7) is 2.02. The number of carbonyl (C=O) groups is 1. The van der Waals surface area contributed by atoms with Gasteiger partial charge in [0.15, 0.2) is 0 Å². The van der Waals surface area contributed by atoms with Crippen molar-refractivity contribution >= 4 is 31.8 Å². The van der Waals surface area contributed by atoms with E-state index >= 15 is 0 Å². The van der Waals surface area contributed by atoms with E-state index < -0.39 is 5.97 Å². The summed E-state index contributed by atoms with van der Waals surface area (Å²) in [7, 11) is 0. The van der Waals surface area contributed by atoms with Crippen molar-refractivity contribution < 1.29 is 9.90 Å². The van der Waals surface area contributed by atoms with Crippen molar-refractivity contribution in [2.75, 3.05) is 0 Å². The summed E-state index contributed by atoms with van der Waals surface area (Å²) >= 11 is 0. The van der Waals surface area contributed by atoms with Crippen LogP contribution in [0.2, 0.25) is 0 Å². The Morgan fingerprint density at radius 1 is 1.50 bits per heavy atom. The van der Waals surface area contributed by atoms with Crippen molar-refractivity contribution in [3.63, 3.8) is 0 Å². The maximum absolute atomic E-state index is 10.4. The number of hydrogen-bond acceptors (Lipinski definition) is 1. The van der Waals surface area contributed by atoms with Gasteiger partial charge >= 0.3 is 5.97 Å². The zero-order valence-corrected chi connectivity index (χ0v) is 9.50. The van der Waals surface area contributed by atoms with Gasteiger partial charge in [-0.25, -0.2) is 0 Å². The molecule has 0 bridgehead atoms. The third-order valence-corrected chi connectivity index (χ3v) is 2.18. The monoisotopic (exact) mass is 243 g/mol. The summed E-state index contributed by atoms with van der Waals surface area (Å²) in [6.07, 6.45) is 3.08. The molecule has 10 heavy (non-hydrogen) atoms. The molecule has 1 aliphatic carbocycles. The van der Waals surface area contributed by atoms with Crippen molar-refractivity contribution in [3.05, 3.63) is 0 Å². The van der Waals surface area contributed by atoms with Crippen LogP contribution in [0.5, 0.6) is 0 Å². The van der Waals surface area contributed by atoms with Gasteiger partial charge in [-0.1, -0.05) is 13.3 Å². The Hall–Kier alpha value is 0.340. The molecule has 0 aromatic heterocycles. The number of carboxylic acids is 1. The van der Waals surface area contributed by atoms with Gasteiger partial charge in [-0.2, -0.15) is 0 Å². The van der Waals surface area contributed by atoms with Crippen LogP contribution in [0.15, 0.2) is 0 Å². The smallest absolute Gasteiger partial charge is 0.306 e. The molecule has 1 rings (SSSR count). The van der Waals surface area contributed by atoms with Crippen molar-refractivity contribution in [1.29, 1.82) is 0 Å². The molecule has 2 atom stereocenters. The van der Waals surface area contributed by atoms with Gasteiger partial charge in [0, 0.05) is 25.8 Å². The maximum atomic E-state index is 10.4. The summed E-state index contributed by atoms with van der Waals surface area (Å²) in [5, 5.41) is 8.58. The molecule has 0 amide bonds. The van der Waals surface area contributed by atoms with E-state index in [-0.39, 0.29) is 31.8 Å². The maximum Gasteiger partial charge on any atom is 0.306 e. The minimum atomic E-state index is -0.611. The largest absolute Gasteiger partial charge is 0.481 e. The quantitative estimate of drug-likeness (QED) is 0.749. The number of hydrogen-bond donors (Lipinski definition) is 1. The molecule has 2 nitrogen and oxygen atoms in total. The van der Waals surface area contributed by atoms with Crippen LogP contribution in [0.1, 0.15) is 26.2 Å². The molecule has 1 N–H and O–H groups in total. The fourth-order valence-electron chi connectivity index (χ4n) is 1.51. The second-order valence-corrected chi connectivity index (χ2v) is 2.85. The fraction of sp³-hybridized carbons (Fsp3) is 0.857. The molecule has 0 spiro atoms. The molecule has 0 aliphatic heterocycles. The number of carboxylic acid groups (broad SMARTS) is 1. The predicted octanol–water partition coefficient (Wildman–Crippen LogP) is 1.13. The molecular weight excluding hydrogens is 231 g/mol. The van der Waals surface area contributed by atoms with Crippen LogP contribution in [0.25, 0.3) is 0 Å². The Labute approximate surface area is 79.8 Å². The summed E-state index contributed by atoms with van der Waals surface area (Å²) in [5.74, 6) is -0.257. The Morgan fingerprint density at radius 2 is 2.10 bits per heavy atom. The van der Waals surface area contributed by atoms with Gasteiger partial charge in [-0.3, -0.25) is 4.79 Å². The van der Waals surface area contributed by atoms with Crippen molar-refractivity contribution in [1.82, 2.24) is 0 Å². The van der Waals surface area contributed by atoms with E-state index in [0.717, 1.165) is 19.3 Å². The molecule has 0 heterocycles. The molecule has 2 unspecified atom stereocenters. The zero-order valence-electron chi connectivity index (χ0n) is 6.21. The molecule has 55 valence electrons. The first-order valence-electron chi connectivity index (χ1n) is 3.44. The second-order valence-electron chi connectivity index (χ2n) is 2.85. The normalized spacial score (nSPS) is 31.3. The van der Waals surface area contributed by atoms with Gasteiger partial charge in [-0.05, 0) is 18.8 Å². The first-order chi connectivity index (χ1) is 4.22. The van der Waals surface area contributed by atoms with Gasteiger partial charge in [-0.15, -0.1) is 0 Å². The van der Waals surface area contributed by atoms with Gasteiger partial charge in [0.25, 0.3) is 0 Å². The van der Waals surface area contributed by atoms with Gasteiger partial charge in [0.2, 0.25) is 0 Å². The first-order valence-corrected chi connectivity index (χ1v) is 3.44. The van der Waals surface area contributed by atoms with Gasteiger partial charge in [0.1, 0.15) is 0 Å². The molecule has 1 saturated carbocycles. The average molecular weight is 243 g/mol. The molecule has 1 aliphatic rings. The molecule has 0 saturated heterocycles.